The largest absolute Gasteiger partial charge is 0.491 e. The average molecular weight is 472 g/mol. The molecule has 2 aromatic rings. The molecule has 0 radical (unpaired) electrons. The van der Waals surface area contributed by atoms with Crippen molar-refractivity contribution in [3.63, 3.8) is 0 Å². The number of hydrogen-bond donors (Lipinski definition) is 1. The van der Waals surface area contributed by atoms with Crippen LogP contribution in [0.5, 0.6) is 11.5 Å². The van der Waals surface area contributed by atoms with Crippen LogP contribution in [-0.2, 0) is 16.1 Å². The van der Waals surface area contributed by atoms with Gasteiger partial charge in [0.05, 0.1) is 25.3 Å². The summed E-state index contributed by atoms with van der Waals surface area (Å²) in [6, 6.07) is 13.3. The quantitative estimate of drug-likeness (QED) is 0.568. The molecule has 0 bridgehead atoms. The predicted molar refractivity (Wildman–Crippen MR) is 130 cm³/mol. The first-order valence-corrected chi connectivity index (χ1v) is 11.4. The van der Waals surface area contributed by atoms with Crippen LogP contribution in [0.25, 0.3) is 6.08 Å². The Bertz CT molecular complexity index is 973. The van der Waals surface area contributed by atoms with Gasteiger partial charge in [-0.25, -0.2) is 0 Å². The Morgan fingerprint density at radius 2 is 1.85 bits per heavy atom. The van der Waals surface area contributed by atoms with Gasteiger partial charge in [0.25, 0.3) is 0 Å². The van der Waals surface area contributed by atoms with E-state index in [1.54, 1.807) is 23.1 Å². The maximum atomic E-state index is 12.6. The number of halogens is 1. The molecule has 1 aliphatic rings. The molecule has 2 amide bonds. The number of methoxy groups -OCH3 is 1. The van der Waals surface area contributed by atoms with E-state index in [-0.39, 0.29) is 11.8 Å². The van der Waals surface area contributed by atoms with Crippen LogP contribution in [0.2, 0.25) is 5.02 Å². The van der Waals surface area contributed by atoms with E-state index in [1.807, 2.05) is 37.3 Å². The zero-order chi connectivity index (χ0) is 23.6. The van der Waals surface area contributed by atoms with Crippen LogP contribution in [0.1, 0.15) is 18.1 Å². The molecule has 1 N–H and O–H groups in total. The first-order valence-electron chi connectivity index (χ1n) is 11.0. The van der Waals surface area contributed by atoms with Gasteiger partial charge in [-0.2, -0.15) is 0 Å². The van der Waals surface area contributed by atoms with Gasteiger partial charge >= 0.3 is 0 Å². The molecule has 7 nitrogen and oxygen atoms in total. The molecule has 0 saturated carbocycles. The van der Waals surface area contributed by atoms with Gasteiger partial charge in [0, 0.05) is 38.8 Å². The molecule has 1 heterocycles. The Hall–Kier alpha value is -3.03. The number of nitrogens with zero attached hydrogens (tertiary/aromatic N) is 2. The van der Waals surface area contributed by atoms with Crippen molar-refractivity contribution in [1.82, 2.24) is 15.1 Å². The summed E-state index contributed by atoms with van der Waals surface area (Å²) in [5.41, 5.74) is 1.82. The lowest BCUT2D eigenvalue weighted by Crippen LogP contribution is -2.50. The van der Waals surface area contributed by atoms with E-state index in [0.717, 1.165) is 11.1 Å². The van der Waals surface area contributed by atoms with Gasteiger partial charge in [0.1, 0.15) is 0 Å². The van der Waals surface area contributed by atoms with E-state index in [0.29, 0.717) is 62.4 Å². The first kappa shape index (κ1) is 24.6. The van der Waals surface area contributed by atoms with Crippen molar-refractivity contribution in [1.29, 1.82) is 0 Å². The van der Waals surface area contributed by atoms with Crippen molar-refractivity contribution < 1.29 is 19.1 Å². The summed E-state index contributed by atoms with van der Waals surface area (Å²) in [6.07, 6.45) is 3.26. The molecule has 8 heteroatoms. The Kier molecular flexibility index (Phi) is 9.15. The molecule has 33 heavy (non-hydrogen) atoms. The Morgan fingerprint density at radius 1 is 1.12 bits per heavy atom. The van der Waals surface area contributed by atoms with Gasteiger partial charge in [-0.15, -0.1) is 0 Å². The lowest BCUT2D eigenvalue weighted by Gasteiger charge is -2.33. The number of rotatable bonds is 9. The molecular weight excluding hydrogens is 442 g/mol. The highest BCUT2D eigenvalue weighted by atomic mass is 35.5. The lowest BCUT2D eigenvalue weighted by atomic mass is 10.1. The minimum absolute atomic E-state index is 0.0139. The fourth-order valence-corrected chi connectivity index (χ4v) is 3.90. The zero-order valence-corrected chi connectivity index (χ0v) is 19.8. The molecule has 0 unspecified atom stereocenters. The number of benzene rings is 2. The fourth-order valence-electron chi connectivity index (χ4n) is 3.60. The van der Waals surface area contributed by atoms with Crippen molar-refractivity contribution in [2.45, 2.75) is 13.5 Å². The molecule has 1 saturated heterocycles. The summed E-state index contributed by atoms with van der Waals surface area (Å²) in [5.74, 6) is 0.928. The van der Waals surface area contributed by atoms with Crippen LogP contribution in [0.15, 0.2) is 48.5 Å². The van der Waals surface area contributed by atoms with E-state index in [1.165, 1.54) is 13.2 Å². The summed E-state index contributed by atoms with van der Waals surface area (Å²) in [6.45, 7) is 5.66. The van der Waals surface area contributed by atoms with Crippen molar-refractivity contribution in [3.8, 4) is 11.5 Å². The molecular formula is C25H30ClN3O4. The molecule has 0 spiro atoms. The predicted octanol–water partition coefficient (Wildman–Crippen LogP) is 3.22. The smallest absolute Gasteiger partial charge is 0.246 e. The number of nitrogens with one attached hydrogen (secondary N) is 1. The molecule has 0 aromatic heterocycles. The van der Waals surface area contributed by atoms with Crippen molar-refractivity contribution in [2.75, 3.05) is 46.4 Å². The van der Waals surface area contributed by atoms with Crippen LogP contribution in [0.4, 0.5) is 0 Å². The highest BCUT2D eigenvalue weighted by molar-refractivity contribution is 6.32. The topological polar surface area (TPSA) is 71.1 Å². The fraction of sp³-hybridized carbons (Fsp3) is 0.360. The van der Waals surface area contributed by atoms with Crippen LogP contribution in [0, 0.1) is 0 Å². The third-order valence-corrected chi connectivity index (χ3v) is 5.62. The summed E-state index contributed by atoms with van der Waals surface area (Å²) in [5, 5.41) is 3.37. The van der Waals surface area contributed by atoms with Gasteiger partial charge in [-0.3, -0.25) is 14.5 Å². The molecule has 1 aliphatic heterocycles. The van der Waals surface area contributed by atoms with Crippen LogP contribution in [-0.4, -0.2) is 68.1 Å². The monoisotopic (exact) mass is 471 g/mol. The Morgan fingerprint density at radius 3 is 2.52 bits per heavy atom. The second-order valence-corrected chi connectivity index (χ2v) is 8.07. The third kappa shape index (κ3) is 7.23. The van der Waals surface area contributed by atoms with Gasteiger partial charge in [0.2, 0.25) is 11.8 Å². The second kappa shape index (κ2) is 12.3. The van der Waals surface area contributed by atoms with Crippen molar-refractivity contribution >= 4 is 29.5 Å². The van der Waals surface area contributed by atoms with E-state index in [2.05, 4.69) is 10.2 Å². The number of ether oxygens (including phenoxy) is 2. The third-order valence-electron chi connectivity index (χ3n) is 5.34. The van der Waals surface area contributed by atoms with Gasteiger partial charge < -0.3 is 19.7 Å². The van der Waals surface area contributed by atoms with E-state index < -0.39 is 0 Å². The summed E-state index contributed by atoms with van der Waals surface area (Å²) in [7, 11) is 1.54. The van der Waals surface area contributed by atoms with Crippen LogP contribution in [0.3, 0.4) is 0 Å². The molecule has 0 aliphatic carbocycles. The average Bonchev–Trinajstić information content (AvgIpc) is 2.82. The number of amides is 2. The van der Waals surface area contributed by atoms with E-state index in [4.69, 9.17) is 21.1 Å². The molecule has 0 atom stereocenters. The van der Waals surface area contributed by atoms with Gasteiger partial charge in [-0.1, -0.05) is 41.9 Å². The molecule has 2 aromatic carbocycles. The Labute approximate surface area is 199 Å². The maximum Gasteiger partial charge on any atom is 0.246 e. The first-order chi connectivity index (χ1) is 16.0. The highest BCUT2D eigenvalue weighted by Crippen LogP contribution is 2.36. The van der Waals surface area contributed by atoms with E-state index in [9.17, 15) is 9.59 Å². The molecule has 176 valence electrons. The minimum atomic E-state index is -0.0759. The van der Waals surface area contributed by atoms with Crippen LogP contribution < -0.4 is 14.8 Å². The number of hydrogen-bond acceptors (Lipinski definition) is 5. The number of piperazine rings is 1. The van der Waals surface area contributed by atoms with Crippen molar-refractivity contribution in [2.24, 2.45) is 0 Å². The van der Waals surface area contributed by atoms with Gasteiger partial charge in [0.15, 0.2) is 11.5 Å². The highest BCUT2D eigenvalue weighted by Gasteiger charge is 2.21. The second-order valence-electron chi connectivity index (χ2n) is 7.66. The van der Waals surface area contributed by atoms with Crippen LogP contribution >= 0.6 is 11.6 Å². The number of carbonyl (C=O) groups excluding carboxylic acids is 2. The van der Waals surface area contributed by atoms with Gasteiger partial charge in [-0.05, 0) is 36.3 Å². The normalized spacial score (nSPS) is 14.3. The summed E-state index contributed by atoms with van der Waals surface area (Å²) >= 11 is 6.28. The standard InChI is InChI=1S/C25H30ClN3O4/c1-3-33-22-16-20(15-21(26)25(22)32-2)9-10-24(31)29-13-11-28(12-14-29)18-23(30)27-17-19-7-5-4-6-8-19/h4-10,15-16H,3,11-14,17-18H2,1-2H3,(H,27,30). The van der Waals surface area contributed by atoms with Crippen molar-refractivity contribution in [3.05, 3.63) is 64.7 Å². The zero-order valence-electron chi connectivity index (χ0n) is 19.1. The molecule has 1 fully saturated rings. The number of carbonyl (C=O) groups is 2. The Balaban J connectivity index is 1.47. The van der Waals surface area contributed by atoms with E-state index >= 15 is 0 Å². The molecule has 3 rings (SSSR count). The lowest BCUT2D eigenvalue weighted by molar-refractivity contribution is -0.128. The minimum Gasteiger partial charge on any atom is -0.491 e. The maximum absolute atomic E-state index is 12.6. The summed E-state index contributed by atoms with van der Waals surface area (Å²) in [4.78, 5) is 28.7. The summed E-state index contributed by atoms with van der Waals surface area (Å²) < 4.78 is 10.9. The SMILES string of the molecule is CCOc1cc(C=CC(=O)N2CCN(CC(=O)NCc3ccccc3)CC2)cc(Cl)c1OC.